The molecule has 0 amide bonds. The third-order valence-corrected chi connectivity index (χ3v) is 4.63. The molecule has 1 rings (SSSR count). The molecule has 1 aliphatic carbocycles. The maximum Gasteiger partial charge on any atom is 0.0808 e. The van der Waals surface area contributed by atoms with E-state index in [1.165, 1.54) is 12.8 Å². The highest BCUT2D eigenvalue weighted by molar-refractivity contribution is 4.90. The van der Waals surface area contributed by atoms with Crippen molar-refractivity contribution in [1.29, 1.82) is 0 Å². The molecule has 102 valence electrons. The van der Waals surface area contributed by atoms with E-state index in [1.54, 1.807) is 0 Å². The van der Waals surface area contributed by atoms with E-state index in [2.05, 4.69) is 34.6 Å². The Balaban J connectivity index is 2.55. The summed E-state index contributed by atoms with van der Waals surface area (Å²) in [5.41, 5.74) is 5.95. The predicted octanol–water partition coefficient (Wildman–Crippen LogP) is 3.59. The Bertz CT molecular complexity index is 217. The lowest BCUT2D eigenvalue weighted by atomic mass is 9.74. The second kappa shape index (κ2) is 6.19. The molecular weight excluding hydrogens is 210 g/mol. The van der Waals surface area contributed by atoms with E-state index >= 15 is 0 Å². The minimum Gasteiger partial charge on any atom is -0.370 e. The first-order chi connectivity index (χ1) is 7.90. The molecule has 1 saturated carbocycles. The van der Waals surface area contributed by atoms with E-state index < -0.39 is 0 Å². The van der Waals surface area contributed by atoms with Gasteiger partial charge in [-0.25, -0.2) is 0 Å². The fourth-order valence-corrected chi connectivity index (χ4v) is 2.73. The molecule has 0 saturated heterocycles. The summed E-state index contributed by atoms with van der Waals surface area (Å²) in [4.78, 5) is 0. The molecule has 2 N–H and O–H groups in total. The molecule has 0 heterocycles. The standard InChI is InChI=1S/C15H31NO/c1-11(2)13(5)17-15(10-16)8-6-14(7-9-15)12(3)4/h11-14H,6-10,16H2,1-5H3. The van der Waals surface area contributed by atoms with Crippen molar-refractivity contribution in [1.82, 2.24) is 0 Å². The first-order valence-corrected chi connectivity index (χ1v) is 7.28. The first kappa shape index (κ1) is 15.0. The van der Waals surface area contributed by atoms with E-state index in [-0.39, 0.29) is 5.60 Å². The topological polar surface area (TPSA) is 35.2 Å². The average molecular weight is 241 g/mol. The molecule has 17 heavy (non-hydrogen) atoms. The Labute approximate surface area is 107 Å². The van der Waals surface area contributed by atoms with Gasteiger partial charge in [0, 0.05) is 6.54 Å². The van der Waals surface area contributed by atoms with Crippen molar-refractivity contribution in [2.24, 2.45) is 23.5 Å². The first-order valence-electron chi connectivity index (χ1n) is 7.28. The van der Waals surface area contributed by atoms with Crippen LogP contribution >= 0.6 is 0 Å². The average Bonchev–Trinajstić information content (AvgIpc) is 2.29. The van der Waals surface area contributed by atoms with Crippen molar-refractivity contribution in [2.45, 2.75) is 72.0 Å². The zero-order chi connectivity index (χ0) is 13.1. The summed E-state index contributed by atoms with van der Waals surface area (Å²) in [6.45, 7) is 11.9. The third-order valence-electron chi connectivity index (χ3n) is 4.63. The second-order valence-electron chi connectivity index (χ2n) is 6.54. The fourth-order valence-electron chi connectivity index (χ4n) is 2.73. The number of nitrogens with two attached hydrogens (primary N) is 1. The minimum atomic E-state index is -0.0327. The lowest BCUT2D eigenvalue weighted by Crippen LogP contribution is -2.47. The van der Waals surface area contributed by atoms with Crippen LogP contribution in [0, 0.1) is 17.8 Å². The van der Waals surface area contributed by atoms with Gasteiger partial charge in [0.1, 0.15) is 0 Å². The van der Waals surface area contributed by atoms with Crippen LogP contribution in [0.4, 0.5) is 0 Å². The Morgan fingerprint density at radius 2 is 1.65 bits per heavy atom. The Morgan fingerprint density at radius 1 is 1.12 bits per heavy atom. The molecule has 0 aromatic rings. The molecule has 2 nitrogen and oxygen atoms in total. The van der Waals surface area contributed by atoms with Crippen LogP contribution in [0.3, 0.4) is 0 Å². The molecule has 2 heteroatoms. The molecule has 0 radical (unpaired) electrons. The Morgan fingerprint density at radius 3 is 2.00 bits per heavy atom. The van der Waals surface area contributed by atoms with Gasteiger partial charge < -0.3 is 10.5 Å². The fraction of sp³-hybridized carbons (Fsp3) is 1.00. The number of hydrogen-bond acceptors (Lipinski definition) is 2. The van der Waals surface area contributed by atoms with Crippen molar-refractivity contribution in [2.75, 3.05) is 6.54 Å². The van der Waals surface area contributed by atoms with Gasteiger partial charge in [0.05, 0.1) is 11.7 Å². The predicted molar refractivity (Wildman–Crippen MR) is 74.0 cm³/mol. The monoisotopic (exact) mass is 241 g/mol. The van der Waals surface area contributed by atoms with Crippen LogP contribution in [0.5, 0.6) is 0 Å². The second-order valence-corrected chi connectivity index (χ2v) is 6.54. The van der Waals surface area contributed by atoms with Gasteiger partial charge in [0.25, 0.3) is 0 Å². The van der Waals surface area contributed by atoms with Crippen molar-refractivity contribution >= 4 is 0 Å². The van der Waals surface area contributed by atoms with E-state index in [9.17, 15) is 0 Å². The van der Waals surface area contributed by atoms with Crippen LogP contribution in [-0.4, -0.2) is 18.2 Å². The molecule has 1 atom stereocenters. The van der Waals surface area contributed by atoms with Gasteiger partial charge in [-0.1, -0.05) is 27.7 Å². The highest BCUT2D eigenvalue weighted by atomic mass is 16.5. The molecule has 0 spiro atoms. The number of ether oxygens (including phenoxy) is 1. The van der Waals surface area contributed by atoms with E-state index in [4.69, 9.17) is 10.5 Å². The van der Waals surface area contributed by atoms with Gasteiger partial charge in [0.2, 0.25) is 0 Å². The Hall–Kier alpha value is -0.0800. The zero-order valence-corrected chi connectivity index (χ0v) is 12.3. The number of rotatable bonds is 5. The molecule has 0 aromatic heterocycles. The van der Waals surface area contributed by atoms with Crippen LogP contribution in [0.2, 0.25) is 0 Å². The SMILES string of the molecule is CC(C)C1CCC(CN)(OC(C)C(C)C)CC1. The normalized spacial score (nSPS) is 32.1. The Kier molecular flexibility index (Phi) is 5.46. The van der Waals surface area contributed by atoms with E-state index in [1.807, 2.05) is 0 Å². The van der Waals surface area contributed by atoms with Gasteiger partial charge in [-0.3, -0.25) is 0 Å². The maximum atomic E-state index is 6.29. The van der Waals surface area contributed by atoms with Gasteiger partial charge >= 0.3 is 0 Å². The van der Waals surface area contributed by atoms with Crippen LogP contribution < -0.4 is 5.73 Å². The zero-order valence-electron chi connectivity index (χ0n) is 12.3. The summed E-state index contributed by atoms with van der Waals surface area (Å²) in [5.74, 6) is 2.24. The largest absolute Gasteiger partial charge is 0.370 e. The van der Waals surface area contributed by atoms with Crippen LogP contribution in [0.15, 0.2) is 0 Å². The van der Waals surface area contributed by atoms with Gasteiger partial charge in [0.15, 0.2) is 0 Å². The molecule has 0 aromatic carbocycles. The van der Waals surface area contributed by atoms with Crippen LogP contribution in [0.25, 0.3) is 0 Å². The lowest BCUT2D eigenvalue weighted by molar-refractivity contribution is -0.123. The maximum absolute atomic E-state index is 6.29. The molecular formula is C15H31NO. The van der Waals surface area contributed by atoms with Crippen molar-refractivity contribution in [3.63, 3.8) is 0 Å². The quantitative estimate of drug-likeness (QED) is 0.798. The molecule has 1 aliphatic rings. The minimum absolute atomic E-state index is 0.0327. The smallest absolute Gasteiger partial charge is 0.0808 e. The van der Waals surface area contributed by atoms with E-state index in [0.29, 0.717) is 18.6 Å². The summed E-state index contributed by atoms with van der Waals surface area (Å²) in [6, 6.07) is 0. The molecule has 0 bridgehead atoms. The summed E-state index contributed by atoms with van der Waals surface area (Å²) in [6.07, 6.45) is 5.15. The summed E-state index contributed by atoms with van der Waals surface area (Å²) >= 11 is 0. The molecule has 1 unspecified atom stereocenters. The molecule has 1 fully saturated rings. The summed E-state index contributed by atoms with van der Waals surface area (Å²) < 4.78 is 6.29. The van der Waals surface area contributed by atoms with Gasteiger partial charge in [-0.05, 0) is 50.4 Å². The highest BCUT2D eigenvalue weighted by Crippen LogP contribution is 2.38. The van der Waals surface area contributed by atoms with Crippen LogP contribution in [-0.2, 0) is 4.74 Å². The highest BCUT2D eigenvalue weighted by Gasteiger charge is 2.37. The van der Waals surface area contributed by atoms with E-state index in [0.717, 1.165) is 24.7 Å². The van der Waals surface area contributed by atoms with Gasteiger partial charge in [-0.2, -0.15) is 0 Å². The van der Waals surface area contributed by atoms with Crippen molar-refractivity contribution in [3.8, 4) is 0 Å². The number of hydrogen-bond donors (Lipinski definition) is 1. The molecule has 0 aliphatic heterocycles. The summed E-state index contributed by atoms with van der Waals surface area (Å²) in [7, 11) is 0. The lowest BCUT2D eigenvalue weighted by Gasteiger charge is -2.42. The van der Waals surface area contributed by atoms with Gasteiger partial charge in [-0.15, -0.1) is 0 Å². The van der Waals surface area contributed by atoms with Crippen molar-refractivity contribution in [3.05, 3.63) is 0 Å². The van der Waals surface area contributed by atoms with Crippen LogP contribution in [0.1, 0.15) is 60.3 Å². The third kappa shape index (κ3) is 3.96. The van der Waals surface area contributed by atoms with Crippen molar-refractivity contribution < 1.29 is 4.74 Å². The summed E-state index contributed by atoms with van der Waals surface area (Å²) in [5, 5.41) is 0.